The van der Waals surface area contributed by atoms with Crippen molar-refractivity contribution in [1.82, 2.24) is 4.90 Å². The summed E-state index contributed by atoms with van der Waals surface area (Å²) in [6.45, 7) is 11.5. The van der Waals surface area contributed by atoms with Gasteiger partial charge in [-0.05, 0) is 27.7 Å². The van der Waals surface area contributed by atoms with Gasteiger partial charge in [-0.2, -0.15) is 0 Å². The van der Waals surface area contributed by atoms with Gasteiger partial charge in [-0.15, -0.1) is 0 Å². The topological polar surface area (TPSA) is 59.0 Å². The summed E-state index contributed by atoms with van der Waals surface area (Å²) >= 11 is 0. The van der Waals surface area contributed by atoms with Crippen LogP contribution in [0.2, 0.25) is 0 Å². The van der Waals surface area contributed by atoms with E-state index in [1.165, 1.54) is 4.90 Å². The largest absolute Gasteiger partial charge is 0.444 e. The molecule has 5 heteroatoms. The van der Waals surface area contributed by atoms with Gasteiger partial charge in [-0.3, -0.25) is 4.90 Å². The molecule has 1 rings (SSSR count). The predicted octanol–water partition coefficient (Wildman–Crippen LogP) is 1.99. The summed E-state index contributed by atoms with van der Waals surface area (Å²) in [5.74, 6) is 0.113. The number of ether oxygens (including phenoxy) is 2. The Morgan fingerprint density at radius 2 is 2.11 bits per heavy atom. The zero-order chi connectivity index (χ0) is 14.1. The summed E-state index contributed by atoms with van der Waals surface area (Å²) in [6, 6.07) is -0.341. The number of nitrogens with zero attached hydrogens (tertiary/aromatic N) is 1. The van der Waals surface area contributed by atoms with Crippen molar-refractivity contribution in [3.05, 3.63) is 0 Å². The summed E-state index contributed by atoms with van der Waals surface area (Å²) in [6.07, 6.45) is -0.435. The molecule has 0 radical (unpaired) electrons. The van der Waals surface area contributed by atoms with Crippen molar-refractivity contribution in [2.45, 2.75) is 58.9 Å². The minimum absolute atomic E-state index is 0.113. The summed E-state index contributed by atoms with van der Waals surface area (Å²) in [5.41, 5.74) is -1.28. The van der Waals surface area contributed by atoms with Crippen LogP contribution in [0, 0.1) is 5.92 Å². The maximum atomic E-state index is 12.3. The van der Waals surface area contributed by atoms with E-state index >= 15 is 0 Å². The van der Waals surface area contributed by atoms with E-state index in [2.05, 4.69) is 0 Å². The summed E-state index contributed by atoms with van der Waals surface area (Å²) < 4.78 is 11.1. The van der Waals surface area contributed by atoms with E-state index in [1.54, 1.807) is 0 Å². The van der Waals surface area contributed by atoms with Gasteiger partial charge < -0.3 is 14.6 Å². The summed E-state index contributed by atoms with van der Waals surface area (Å²) in [7, 11) is 0. The standard InChI is InChI=1S/C13H25NO4/c1-9(2)13(6)14(10(7-15)8-17-13)11(16)18-12(3,4)5/h9-10,15H,7-8H2,1-6H3. The first-order valence-corrected chi connectivity index (χ1v) is 6.39. The number of hydrogen-bond donors (Lipinski definition) is 1. The molecule has 0 aromatic carbocycles. The Kier molecular flexibility index (Phi) is 4.28. The summed E-state index contributed by atoms with van der Waals surface area (Å²) in [4.78, 5) is 13.8. The van der Waals surface area contributed by atoms with Gasteiger partial charge >= 0.3 is 6.09 Å². The molecule has 2 atom stereocenters. The van der Waals surface area contributed by atoms with Crippen LogP contribution >= 0.6 is 0 Å². The fourth-order valence-corrected chi connectivity index (χ4v) is 1.99. The SMILES string of the molecule is CC(C)C1(C)OCC(CO)N1C(=O)OC(C)(C)C. The van der Waals surface area contributed by atoms with Crippen LogP contribution in [-0.2, 0) is 9.47 Å². The third-order valence-electron chi connectivity index (χ3n) is 3.28. The Balaban J connectivity index is 2.95. The van der Waals surface area contributed by atoms with E-state index < -0.39 is 17.4 Å². The van der Waals surface area contributed by atoms with Crippen molar-refractivity contribution < 1.29 is 19.4 Å². The fraction of sp³-hybridized carbons (Fsp3) is 0.923. The Hall–Kier alpha value is -0.810. The highest BCUT2D eigenvalue weighted by molar-refractivity contribution is 5.70. The molecular formula is C13H25NO4. The van der Waals surface area contributed by atoms with Crippen LogP contribution in [0.15, 0.2) is 0 Å². The van der Waals surface area contributed by atoms with Gasteiger partial charge in [0.05, 0.1) is 19.3 Å². The highest BCUT2D eigenvalue weighted by atomic mass is 16.6. The van der Waals surface area contributed by atoms with Crippen molar-refractivity contribution in [2.24, 2.45) is 5.92 Å². The molecule has 1 heterocycles. The average molecular weight is 259 g/mol. The number of aliphatic hydroxyl groups is 1. The van der Waals surface area contributed by atoms with Crippen LogP contribution in [0.5, 0.6) is 0 Å². The molecule has 0 saturated carbocycles. The third kappa shape index (κ3) is 2.95. The van der Waals surface area contributed by atoms with Gasteiger partial charge in [-0.1, -0.05) is 13.8 Å². The maximum absolute atomic E-state index is 12.3. The summed E-state index contributed by atoms with van der Waals surface area (Å²) in [5, 5.41) is 9.37. The Morgan fingerprint density at radius 3 is 2.50 bits per heavy atom. The molecule has 1 N–H and O–H groups in total. The van der Waals surface area contributed by atoms with Crippen molar-refractivity contribution in [2.75, 3.05) is 13.2 Å². The average Bonchev–Trinajstić information content (AvgIpc) is 2.54. The third-order valence-corrected chi connectivity index (χ3v) is 3.28. The lowest BCUT2D eigenvalue weighted by Crippen LogP contribution is -2.54. The second kappa shape index (κ2) is 5.05. The lowest BCUT2D eigenvalue weighted by atomic mass is 10.00. The minimum Gasteiger partial charge on any atom is -0.444 e. The van der Waals surface area contributed by atoms with E-state index in [1.807, 2.05) is 41.5 Å². The molecule has 106 valence electrons. The molecule has 1 aliphatic rings. The highest BCUT2D eigenvalue weighted by Gasteiger charge is 2.50. The molecule has 5 nitrogen and oxygen atoms in total. The molecule has 2 unspecified atom stereocenters. The zero-order valence-electron chi connectivity index (χ0n) is 12.2. The van der Waals surface area contributed by atoms with Gasteiger partial charge in [0.2, 0.25) is 0 Å². The first-order valence-electron chi connectivity index (χ1n) is 6.39. The molecule has 1 fully saturated rings. The quantitative estimate of drug-likeness (QED) is 0.824. The van der Waals surface area contributed by atoms with E-state index in [0.717, 1.165) is 0 Å². The predicted molar refractivity (Wildman–Crippen MR) is 68.1 cm³/mol. The van der Waals surface area contributed by atoms with E-state index in [4.69, 9.17) is 9.47 Å². The first-order chi connectivity index (χ1) is 8.12. The Labute approximate surface area is 109 Å². The molecule has 0 aliphatic carbocycles. The number of carbonyl (C=O) groups excluding carboxylic acids is 1. The van der Waals surface area contributed by atoms with Gasteiger partial charge in [0.1, 0.15) is 11.3 Å². The van der Waals surface area contributed by atoms with Crippen LogP contribution < -0.4 is 0 Å². The normalized spacial score (nSPS) is 28.9. The van der Waals surface area contributed by atoms with E-state index in [0.29, 0.717) is 6.61 Å². The second-order valence-corrected chi connectivity index (χ2v) is 6.21. The Bertz CT molecular complexity index is 311. The van der Waals surface area contributed by atoms with E-state index in [-0.39, 0.29) is 18.6 Å². The molecule has 0 spiro atoms. The Morgan fingerprint density at radius 1 is 1.56 bits per heavy atom. The molecule has 0 aromatic rings. The number of carbonyl (C=O) groups is 1. The molecule has 0 bridgehead atoms. The molecule has 1 aliphatic heterocycles. The zero-order valence-corrected chi connectivity index (χ0v) is 12.2. The lowest BCUT2D eigenvalue weighted by Gasteiger charge is -2.39. The van der Waals surface area contributed by atoms with Crippen molar-refractivity contribution >= 4 is 6.09 Å². The van der Waals surface area contributed by atoms with Crippen LogP contribution in [0.3, 0.4) is 0 Å². The van der Waals surface area contributed by atoms with Gasteiger partial charge in [0, 0.05) is 5.92 Å². The van der Waals surface area contributed by atoms with Crippen LogP contribution in [0.25, 0.3) is 0 Å². The number of rotatable bonds is 2. The first kappa shape index (κ1) is 15.2. The van der Waals surface area contributed by atoms with Crippen LogP contribution in [0.4, 0.5) is 4.79 Å². The molecule has 0 aromatic heterocycles. The molecule has 1 saturated heterocycles. The number of hydrogen-bond acceptors (Lipinski definition) is 4. The smallest absolute Gasteiger partial charge is 0.413 e. The fourth-order valence-electron chi connectivity index (χ4n) is 1.99. The maximum Gasteiger partial charge on any atom is 0.413 e. The lowest BCUT2D eigenvalue weighted by molar-refractivity contribution is -0.105. The molecular weight excluding hydrogens is 234 g/mol. The molecule has 1 amide bonds. The second-order valence-electron chi connectivity index (χ2n) is 6.21. The highest BCUT2D eigenvalue weighted by Crippen LogP contribution is 2.35. The molecule has 18 heavy (non-hydrogen) atoms. The van der Waals surface area contributed by atoms with Gasteiger partial charge in [0.25, 0.3) is 0 Å². The van der Waals surface area contributed by atoms with Crippen molar-refractivity contribution in [3.8, 4) is 0 Å². The minimum atomic E-state index is -0.726. The monoisotopic (exact) mass is 259 g/mol. The van der Waals surface area contributed by atoms with Gasteiger partial charge in [-0.25, -0.2) is 4.79 Å². The van der Waals surface area contributed by atoms with Crippen LogP contribution in [-0.4, -0.2) is 46.7 Å². The van der Waals surface area contributed by atoms with Crippen LogP contribution in [0.1, 0.15) is 41.5 Å². The van der Waals surface area contributed by atoms with Crippen molar-refractivity contribution in [1.29, 1.82) is 0 Å². The van der Waals surface area contributed by atoms with Gasteiger partial charge in [0.15, 0.2) is 0 Å². The number of aliphatic hydroxyl groups excluding tert-OH is 1. The van der Waals surface area contributed by atoms with E-state index in [9.17, 15) is 9.90 Å². The number of amides is 1. The van der Waals surface area contributed by atoms with Crippen molar-refractivity contribution in [3.63, 3.8) is 0 Å².